The number of allylic oxidation sites excluding steroid dienone is 1. The van der Waals surface area contributed by atoms with Crippen LogP contribution in [0.4, 0.5) is 0 Å². The van der Waals surface area contributed by atoms with Gasteiger partial charge in [0, 0.05) is 18.2 Å². The number of ether oxygens (including phenoxy) is 2. The van der Waals surface area contributed by atoms with Crippen molar-refractivity contribution in [2.45, 2.75) is 6.61 Å². The standard InChI is InChI=1S/C28H21BrN2O5/c1-30-22(25(29)28(34)31(30)18-8-4-3-5-9-18)16-36-23-13-12-17(15-24(23)35-2)14-21-26(32)19-10-6-7-11-20(19)27(21)33/h3-15H,16H2,1-2H3. The summed E-state index contributed by atoms with van der Waals surface area (Å²) in [6.45, 7) is 0.106. The van der Waals surface area contributed by atoms with Crippen LogP contribution >= 0.6 is 15.9 Å². The molecule has 0 atom stereocenters. The van der Waals surface area contributed by atoms with Gasteiger partial charge in [-0.2, -0.15) is 0 Å². The summed E-state index contributed by atoms with van der Waals surface area (Å²) >= 11 is 3.41. The molecular formula is C28H21BrN2O5. The molecule has 0 bridgehead atoms. The molecule has 180 valence electrons. The Hall–Kier alpha value is -4.17. The molecule has 4 aromatic rings. The van der Waals surface area contributed by atoms with E-state index in [0.717, 1.165) is 5.69 Å². The molecule has 0 amide bonds. The molecule has 0 saturated carbocycles. The highest BCUT2D eigenvalue weighted by Crippen LogP contribution is 2.32. The zero-order valence-corrected chi connectivity index (χ0v) is 21.1. The summed E-state index contributed by atoms with van der Waals surface area (Å²) in [6, 6.07) is 21.3. The minimum Gasteiger partial charge on any atom is -0.493 e. The van der Waals surface area contributed by atoms with Crippen molar-refractivity contribution < 1.29 is 19.1 Å². The Balaban J connectivity index is 1.41. The van der Waals surface area contributed by atoms with Gasteiger partial charge in [-0.15, -0.1) is 0 Å². The molecule has 36 heavy (non-hydrogen) atoms. The van der Waals surface area contributed by atoms with Gasteiger partial charge in [0.1, 0.15) is 11.1 Å². The van der Waals surface area contributed by atoms with Gasteiger partial charge in [0.15, 0.2) is 23.1 Å². The van der Waals surface area contributed by atoms with E-state index in [1.54, 1.807) is 65.0 Å². The number of halogens is 1. The third kappa shape index (κ3) is 3.99. The van der Waals surface area contributed by atoms with E-state index in [2.05, 4.69) is 15.9 Å². The summed E-state index contributed by atoms with van der Waals surface area (Å²) in [7, 11) is 3.30. The fourth-order valence-corrected chi connectivity index (χ4v) is 4.78. The van der Waals surface area contributed by atoms with E-state index < -0.39 is 0 Å². The highest BCUT2D eigenvalue weighted by atomic mass is 79.9. The maximum Gasteiger partial charge on any atom is 0.286 e. The second-order valence-corrected chi connectivity index (χ2v) is 8.99. The van der Waals surface area contributed by atoms with Crippen molar-refractivity contribution in [3.8, 4) is 17.2 Å². The van der Waals surface area contributed by atoms with Crippen molar-refractivity contribution in [1.29, 1.82) is 0 Å². The Morgan fingerprint density at radius 2 is 1.50 bits per heavy atom. The minimum absolute atomic E-state index is 0.106. The van der Waals surface area contributed by atoms with Crippen molar-refractivity contribution in [2.75, 3.05) is 7.11 Å². The van der Waals surface area contributed by atoms with Crippen LogP contribution in [0.1, 0.15) is 32.0 Å². The Bertz CT molecular complexity index is 1560. The van der Waals surface area contributed by atoms with Crippen LogP contribution in [0.25, 0.3) is 11.8 Å². The van der Waals surface area contributed by atoms with E-state index in [1.165, 1.54) is 7.11 Å². The largest absolute Gasteiger partial charge is 0.493 e. The van der Waals surface area contributed by atoms with Crippen LogP contribution in [0.15, 0.2) is 87.6 Å². The lowest BCUT2D eigenvalue weighted by Gasteiger charge is -2.13. The monoisotopic (exact) mass is 544 g/mol. The fraction of sp³-hybridized carbons (Fsp3) is 0.107. The summed E-state index contributed by atoms with van der Waals surface area (Å²) in [5.74, 6) is 0.314. The number of carbonyl (C=O) groups excluding carboxylic acids is 2. The lowest BCUT2D eigenvalue weighted by molar-refractivity contribution is 0.0990. The summed E-state index contributed by atoms with van der Waals surface area (Å²) in [5, 5.41) is 0. The highest BCUT2D eigenvalue weighted by Gasteiger charge is 2.32. The predicted molar refractivity (Wildman–Crippen MR) is 139 cm³/mol. The zero-order valence-electron chi connectivity index (χ0n) is 19.5. The maximum atomic E-state index is 12.8. The Kier molecular flexibility index (Phi) is 6.20. The third-order valence-corrected chi connectivity index (χ3v) is 6.89. The number of aromatic nitrogens is 2. The number of para-hydroxylation sites is 1. The minimum atomic E-state index is -0.288. The molecule has 0 unspecified atom stereocenters. The van der Waals surface area contributed by atoms with Crippen LogP contribution in [0.2, 0.25) is 0 Å². The van der Waals surface area contributed by atoms with E-state index >= 15 is 0 Å². The molecule has 0 aliphatic heterocycles. The van der Waals surface area contributed by atoms with Gasteiger partial charge in [0.2, 0.25) is 0 Å². The van der Waals surface area contributed by atoms with E-state index in [4.69, 9.17) is 9.47 Å². The lowest BCUT2D eigenvalue weighted by Crippen LogP contribution is -2.19. The molecule has 1 heterocycles. The van der Waals surface area contributed by atoms with Crippen LogP contribution < -0.4 is 15.0 Å². The molecular weight excluding hydrogens is 524 g/mol. The van der Waals surface area contributed by atoms with Crippen molar-refractivity contribution in [3.05, 3.63) is 116 Å². The number of nitrogens with zero attached hydrogens (tertiary/aromatic N) is 2. The molecule has 5 rings (SSSR count). The molecule has 0 spiro atoms. The first-order valence-electron chi connectivity index (χ1n) is 11.1. The predicted octanol–water partition coefficient (Wildman–Crippen LogP) is 4.99. The summed E-state index contributed by atoms with van der Waals surface area (Å²) in [4.78, 5) is 38.3. The first-order chi connectivity index (χ1) is 17.4. The molecule has 1 aliphatic carbocycles. The molecule has 0 radical (unpaired) electrons. The number of rotatable bonds is 6. The molecule has 7 nitrogen and oxygen atoms in total. The number of Topliss-reactive ketones (excluding diaryl/α,β-unsaturated/α-hetero) is 2. The van der Waals surface area contributed by atoms with Crippen molar-refractivity contribution in [3.63, 3.8) is 0 Å². The van der Waals surface area contributed by atoms with E-state index in [-0.39, 0.29) is 29.3 Å². The Morgan fingerprint density at radius 1 is 0.861 bits per heavy atom. The second kappa shape index (κ2) is 9.47. The number of fused-ring (bicyclic) bond motifs is 1. The SMILES string of the molecule is COc1cc(C=C2C(=O)c3ccccc3C2=O)ccc1OCc1c(Br)c(=O)n(-c2ccccc2)n1C. The fourth-order valence-electron chi connectivity index (χ4n) is 4.24. The van der Waals surface area contributed by atoms with Gasteiger partial charge in [-0.3, -0.25) is 19.1 Å². The summed E-state index contributed by atoms with van der Waals surface area (Å²) in [5.41, 5.74) is 2.78. The lowest BCUT2D eigenvalue weighted by atomic mass is 10.1. The van der Waals surface area contributed by atoms with Crippen molar-refractivity contribution in [1.82, 2.24) is 9.36 Å². The number of methoxy groups -OCH3 is 1. The molecule has 0 saturated heterocycles. The second-order valence-electron chi connectivity index (χ2n) is 8.20. The number of hydrogen-bond acceptors (Lipinski definition) is 5. The molecule has 3 aromatic carbocycles. The molecule has 1 aromatic heterocycles. The van der Waals surface area contributed by atoms with Crippen molar-refractivity contribution >= 4 is 33.6 Å². The smallest absolute Gasteiger partial charge is 0.286 e. The quantitative estimate of drug-likeness (QED) is 0.252. The van der Waals surface area contributed by atoms with Gasteiger partial charge in [-0.1, -0.05) is 48.5 Å². The number of ketones is 2. The van der Waals surface area contributed by atoms with Crippen LogP contribution in [0.3, 0.4) is 0 Å². The Labute approximate surface area is 215 Å². The van der Waals surface area contributed by atoms with Gasteiger partial charge in [0.25, 0.3) is 5.56 Å². The Morgan fingerprint density at radius 3 is 2.14 bits per heavy atom. The number of hydrogen-bond donors (Lipinski definition) is 0. The van der Waals surface area contributed by atoms with Gasteiger partial charge in [-0.05, 0) is 51.8 Å². The van der Waals surface area contributed by atoms with Gasteiger partial charge < -0.3 is 9.47 Å². The number of benzene rings is 3. The topological polar surface area (TPSA) is 79.5 Å². The first kappa shape index (κ1) is 23.6. The van der Waals surface area contributed by atoms with Crippen LogP contribution in [0.5, 0.6) is 11.5 Å². The summed E-state index contributed by atoms with van der Waals surface area (Å²) < 4.78 is 15.2. The highest BCUT2D eigenvalue weighted by molar-refractivity contribution is 9.10. The van der Waals surface area contributed by atoms with E-state index in [0.29, 0.717) is 38.4 Å². The summed E-state index contributed by atoms with van der Waals surface area (Å²) in [6.07, 6.45) is 1.57. The zero-order chi connectivity index (χ0) is 25.4. The van der Waals surface area contributed by atoms with Crippen LogP contribution in [-0.2, 0) is 13.7 Å². The van der Waals surface area contributed by atoms with Crippen LogP contribution in [-0.4, -0.2) is 28.0 Å². The normalized spacial score (nSPS) is 12.6. The van der Waals surface area contributed by atoms with E-state index in [9.17, 15) is 14.4 Å². The number of carbonyl (C=O) groups is 2. The maximum absolute atomic E-state index is 12.8. The first-order valence-corrected chi connectivity index (χ1v) is 11.9. The van der Waals surface area contributed by atoms with Gasteiger partial charge >= 0.3 is 0 Å². The van der Waals surface area contributed by atoms with Crippen molar-refractivity contribution in [2.24, 2.45) is 7.05 Å². The van der Waals surface area contributed by atoms with E-state index in [1.807, 2.05) is 30.3 Å². The third-order valence-electron chi connectivity index (χ3n) is 6.09. The molecule has 0 fully saturated rings. The molecule has 0 N–H and O–H groups in total. The average Bonchev–Trinajstić information content (AvgIpc) is 3.27. The van der Waals surface area contributed by atoms with Gasteiger partial charge in [0.05, 0.1) is 24.1 Å². The molecule has 8 heteroatoms. The van der Waals surface area contributed by atoms with Crippen LogP contribution in [0, 0.1) is 0 Å². The average molecular weight is 545 g/mol. The molecule has 1 aliphatic rings. The van der Waals surface area contributed by atoms with Gasteiger partial charge in [-0.25, -0.2) is 4.68 Å².